The molecule has 5 nitrogen and oxygen atoms in total. The van der Waals surface area contributed by atoms with Crippen molar-refractivity contribution in [3.05, 3.63) is 53.6 Å². The van der Waals surface area contributed by atoms with E-state index < -0.39 is 16.1 Å². The minimum Gasteiger partial charge on any atom is -0.292 e. The average molecular weight is 330 g/mol. The fourth-order valence-corrected chi connectivity index (χ4v) is 4.30. The van der Waals surface area contributed by atoms with Crippen LogP contribution in [-0.4, -0.2) is 21.0 Å². The molecule has 0 atom stereocenters. The Morgan fingerprint density at radius 2 is 1.70 bits per heavy atom. The molecular formula is C17H18N2O3S. The molecule has 1 heterocycles. The van der Waals surface area contributed by atoms with Gasteiger partial charge in [0.25, 0.3) is 10.0 Å². The lowest BCUT2D eigenvalue weighted by Crippen LogP contribution is -2.51. The number of para-hydroxylation sites is 1. The summed E-state index contributed by atoms with van der Waals surface area (Å²) in [6.07, 6.45) is 0. The first-order valence-corrected chi connectivity index (χ1v) is 8.85. The van der Waals surface area contributed by atoms with Gasteiger partial charge in [-0.3, -0.25) is 4.90 Å². The van der Waals surface area contributed by atoms with Gasteiger partial charge in [-0.15, -0.1) is 0 Å². The second-order valence-corrected chi connectivity index (χ2v) is 7.29. The van der Waals surface area contributed by atoms with Crippen molar-refractivity contribution in [1.29, 1.82) is 0 Å². The predicted octanol–water partition coefficient (Wildman–Crippen LogP) is 3.46. The van der Waals surface area contributed by atoms with E-state index in [0.717, 1.165) is 15.4 Å². The summed E-state index contributed by atoms with van der Waals surface area (Å²) in [5, 5.41) is 0. The van der Waals surface area contributed by atoms with Crippen molar-refractivity contribution < 1.29 is 13.2 Å². The lowest BCUT2D eigenvalue weighted by Gasteiger charge is -2.35. The second kappa shape index (κ2) is 5.38. The van der Waals surface area contributed by atoms with Gasteiger partial charge < -0.3 is 0 Å². The minimum atomic E-state index is -3.92. The number of nitrogens with zero attached hydrogens (tertiary/aromatic N) is 2. The van der Waals surface area contributed by atoms with Crippen LogP contribution in [0.5, 0.6) is 0 Å². The summed E-state index contributed by atoms with van der Waals surface area (Å²) < 4.78 is 26.8. The highest BCUT2D eigenvalue weighted by Crippen LogP contribution is 2.37. The summed E-state index contributed by atoms with van der Waals surface area (Å²) in [5.74, 6) is 0. The number of aryl methyl sites for hydroxylation is 2. The number of anilines is 2. The molecule has 0 fully saturated rings. The summed E-state index contributed by atoms with van der Waals surface area (Å²) in [6.45, 7) is 6.06. The molecule has 2 aromatic rings. The summed E-state index contributed by atoms with van der Waals surface area (Å²) in [5.41, 5.74) is 2.78. The van der Waals surface area contributed by atoms with Gasteiger partial charge in [-0.25, -0.2) is 13.2 Å². The Hall–Kier alpha value is -2.34. The van der Waals surface area contributed by atoms with Crippen LogP contribution in [0.2, 0.25) is 0 Å². The van der Waals surface area contributed by atoms with E-state index in [0.29, 0.717) is 17.9 Å². The number of hydrogen-bond acceptors (Lipinski definition) is 3. The lowest BCUT2D eigenvalue weighted by molar-refractivity contribution is 0.254. The van der Waals surface area contributed by atoms with Gasteiger partial charge in [-0.2, -0.15) is 4.31 Å². The number of hydrogen-bond donors (Lipinski definition) is 0. The van der Waals surface area contributed by atoms with Crippen LogP contribution >= 0.6 is 0 Å². The Morgan fingerprint density at radius 1 is 1.00 bits per heavy atom. The molecule has 0 spiro atoms. The predicted molar refractivity (Wildman–Crippen MR) is 90.4 cm³/mol. The van der Waals surface area contributed by atoms with E-state index in [1.54, 1.807) is 30.3 Å². The van der Waals surface area contributed by atoms with Crippen LogP contribution in [0, 0.1) is 13.8 Å². The zero-order valence-electron chi connectivity index (χ0n) is 13.3. The first-order valence-electron chi connectivity index (χ1n) is 7.41. The smallest absolute Gasteiger partial charge is 0.292 e. The van der Waals surface area contributed by atoms with Crippen LogP contribution < -0.4 is 9.21 Å². The summed E-state index contributed by atoms with van der Waals surface area (Å²) in [4.78, 5) is 14.4. The molecule has 0 N–H and O–H groups in total. The van der Waals surface area contributed by atoms with Gasteiger partial charge >= 0.3 is 6.03 Å². The van der Waals surface area contributed by atoms with Gasteiger partial charge in [-0.1, -0.05) is 18.2 Å². The number of amides is 2. The van der Waals surface area contributed by atoms with E-state index in [2.05, 4.69) is 0 Å². The number of carbonyl (C=O) groups is 1. The molecule has 2 aromatic carbocycles. The van der Waals surface area contributed by atoms with E-state index in [4.69, 9.17) is 0 Å². The Balaban J connectivity index is 2.25. The molecule has 0 aliphatic carbocycles. The number of rotatable bonds is 2. The Bertz CT molecular complexity index is 890. The van der Waals surface area contributed by atoms with Crippen LogP contribution in [0.4, 0.5) is 16.2 Å². The molecule has 0 unspecified atom stereocenters. The summed E-state index contributed by atoms with van der Waals surface area (Å²) >= 11 is 0. The molecule has 0 bridgehead atoms. The Kier molecular flexibility index (Phi) is 3.64. The monoisotopic (exact) mass is 330 g/mol. The van der Waals surface area contributed by atoms with Crippen LogP contribution in [0.25, 0.3) is 0 Å². The minimum absolute atomic E-state index is 0.152. The molecule has 3 rings (SSSR count). The normalized spacial score (nSPS) is 16.4. The maximum Gasteiger partial charge on any atom is 0.343 e. The molecule has 23 heavy (non-hydrogen) atoms. The molecule has 120 valence electrons. The van der Waals surface area contributed by atoms with Crippen molar-refractivity contribution in [1.82, 2.24) is 0 Å². The van der Waals surface area contributed by atoms with Crippen molar-refractivity contribution in [2.24, 2.45) is 0 Å². The molecule has 1 aliphatic heterocycles. The molecule has 1 aliphatic rings. The third-order valence-electron chi connectivity index (χ3n) is 4.12. The standard InChI is InChI=1S/C17H18N2O3S/c1-4-18-15-7-5-6-8-16(15)23(21,22)19(17(18)20)14-10-9-12(2)13(3)11-14/h5-11H,4H2,1-3H3. The number of urea groups is 1. The highest BCUT2D eigenvalue weighted by molar-refractivity contribution is 7.94. The molecule has 0 radical (unpaired) electrons. The zero-order valence-corrected chi connectivity index (χ0v) is 14.1. The van der Waals surface area contributed by atoms with Crippen LogP contribution in [0.3, 0.4) is 0 Å². The molecule has 0 saturated heterocycles. The van der Waals surface area contributed by atoms with Crippen LogP contribution in [0.1, 0.15) is 18.1 Å². The fourth-order valence-electron chi connectivity index (χ4n) is 2.72. The first kappa shape index (κ1) is 15.6. The largest absolute Gasteiger partial charge is 0.343 e. The van der Waals surface area contributed by atoms with Crippen molar-refractivity contribution in [3.63, 3.8) is 0 Å². The summed E-state index contributed by atoms with van der Waals surface area (Å²) in [7, 11) is -3.92. The van der Waals surface area contributed by atoms with Gasteiger partial charge in [0.05, 0.1) is 11.4 Å². The van der Waals surface area contributed by atoms with Crippen molar-refractivity contribution in [2.45, 2.75) is 25.7 Å². The number of sulfonamides is 1. The second-order valence-electron chi connectivity index (χ2n) is 5.53. The number of fused-ring (bicyclic) bond motifs is 1. The van der Waals surface area contributed by atoms with Crippen molar-refractivity contribution >= 4 is 27.4 Å². The van der Waals surface area contributed by atoms with E-state index in [9.17, 15) is 13.2 Å². The molecule has 2 amide bonds. The third-order valence-corrected chi connectivity index (χ3v) is 5.87. The number of carbonyl (C=O) groups excluding carboxylic acids is 1. The SMILES string of the molecule is CCN1C(=O)N(c2ccc(C)c(C)c2)S(=O)(=O)c2ccccc21. The molecule has 6 heteroatoms. The van der Waals surface area contributed by atoms with Crippen molar-refractivity contribution in [2.75, 3.05) is 15.7 Å². The van der Waals surface area contributed by atoms with E-state index in [-0.39, 0.29) is 4.90 Å². The average Bonchev–Trinajstić information content (AvgIpc) is 2.51. The van der Waals surface area contributed by atoms with E-state index in [1.807, 2.05) is 26.8 Å². The maximum atomic E-state index is 13.0. The molecule has 0 aromatic heterocycles. The van der Waals surface area contributed by atoms with Gasteiger partial charge in [0.1, 0.15) is 4.90 Å². The van der Waals surface area contributed by atoms with E-state index in [1.165, 1.54) is 11.0 Å². The lowest BCUT2D eigenvalue weighted by atomic mass is 10.1. The Morgan fingerprint density at radius 3 is 2.35 bits per heavy atom. The first-order chi connectivity index (χ1) is 10.9. The topological polar surface area (TPSA) is 57.7 Å². The van der Waals surface area contributed by atoms with Crippen LogP contribution in [-0.2, 0) is 10.0 Å². The maximum absolute atomic E-state index is 13.0. The quantitative estimate of drug-likeness (QED) is 0.847. The summed E-state index contributed by atoms with van der Waals surface area (Å²) in [6, 6.07) is 11.3. The Labute approximate surface area is 136 Å². The van der Waals surface area contributed by atoms with E-state index >= 15 is 0 Å². The van der Waals surface area contributed by atoms with Gasteiger partial charge in [0.15, 0.2) is 0 Å². The molecule has 0 saturated carbocycles. The number of benzene rings is 2. The van der Waals surface area contributed by atoms with Crippen molar-refractivity contribution in [3.8, 4) is 0 Å². The molecular weight excluding hydrogens is 312 g/mol. The fraction of sp³-hybridized carbons (Fsp3) is 0.235. The highest BCUT2D eigenvalue weighted by Gasteiger charge is 2.41. The third kappa shape index (κ3) is 2.30. The van der Waals surface area contributed by atoms with Crippen LogP contribution in [0.15, 0.2) is 47.4 Å². The van der Waals surface area contributed by atoms with Gasteiger partial charge in [-0.05, 0) is 56.2 Å². The van der Waals surface area contributed by atoms with Gasteiger partial charge in [0, 0.05) is 6.54 Å². The van der Waals surface area contributed by atoms with Gasteiger partial charge in [0.2, 0.25) is 0 Å². The zero-order chi connectivity index (χ0) is 16.8. The highest BCUT2D eigenvalue weighted by atomic mass is 32.2.